The molecule has 30 heavy (non-hydrogen) atoms. The smallest absolute Gasteiger partial charge is 0.231 e. The Hall–Kier alpha value is -2.47. The number of aromatic nitrogens is 3. The highest BCUT2D eigenvalue weighted by atomic mass is 32.2. The van der Waals surface area contributed by atoms with E-state index in [1.165, 1.54) is 4.79 Å². The van der Waals surface area contributed by atoms with Gasteiger partial charge in [-0.15, -0.1) is 9.89 Å². The monoisotopic (exact) mass is 433 g/mol. The first-order valence-electron chi connectivity index (χ1n) is 9.76. The number of anilines is 1. The first-order chi connectivity index (χ1) is 14.3. The molecule has 2 heterocycles. The first-order valence-corrected chi connectivity index (χ1v) is 10.9. The molecule has 0 radical (unpaired) electrons. The molecule has 2 unspecified atom stereocenters. The molecule has 0 saturated carbocycles. The van der Waals surface area contributed by atoms with Crippen LogP contribution in [0.5, 0.6) is 0 Å². The van der Waals surface area contributed by atoms with Crippen LogP contribution in [-0.2, 0) is 11.3 Å². The second-order valence-corrected chi connectivity index (χ2v) is 7.89. The van der Waals surface area contributed by atoms with Crippen molar-refractivity contribution < 1.29 is 13.9 Å². The van der Waals surface area contributed by atoms with Gasteiger partial charge >= 0.3 is 0 Å². The van der Waals surface area contributed by atoms with Crippen LogP contribution in [0.4, 0.5) is 11.4 Å². The first kappa shape index (κ1) is 22.2. The van der Waals surface area contributed by atoms with Crippen molar-refractivity contribution in [3.63, 3.8) is 0 Å². The quantitative estimate of drug-likeness (QED) is 0.515. The fraction of sp³-hybridized carbons (Fsp3) is 0.474. The van der Waals surface area contributed by atoms with Gasteiger partial charge in [-0.05, 0) is 44.5 Å². The number of likely N-dealkylation sites (N-methyl/N-ethyl adjacent to an activating group) is 1. The Bertz CT molecular complexity index is 1000. The number of hydrogen-bond acceptors (Lipinski definition) is 7. The van der Waals surface area contributed by atoms with Crippen molar-refractivity contribution in [2.24, 2.45) is 10.1 Å². The summed E-state index contributed by atoms with van der Waals surface area (Å²) in [5, 5.41) is 18.0. The number of benzene rings is 1. The van der Waals surface area contributed by atoms with Crippen LogP contribution in [0.15, 0.2) is 28.3 Å². The van der Waals surface area contributed by atoms with Gasteiger partial charge in [-0.25, -0.2) is 18.9 Å². The van der Waals surface area contributed by atoms with Gasteiger partial charge in [0.1, 0.15) is 5.71 Å². The van der Waals surface area contributed by atoms with Crippen LogP contribution < -0.4 is 9.62 Å². The number of hydrogen-bond donors (Lipinski definition) is 3. The van der Waals surface area contributed by atoms with Gasteiger partial charge in [-0.1, -0.05) is 6.92 Å². The number of nitrogens with one attached hydrogen (secondary N) is 1. The molecule has 11 heteroatoms. The van der Waals surface area contributed by atoms with Crippen molar-refractivity contribution >= 4 is 34.1 Å². The van der Waals surface area contributed by atoms with Gasteiger partial charge in [0.15, 0.2) is 5.82 Å². The standard InChI is InChI=1S/C19H27N7O3S/c1-5-25(8-9-27)15-6-7-16(12(2)10-15)21-17-14(4)23-26-19(17)22-18(24-26)13(3)11-20-30(28)29/h6-7,10,13,20,27H,5,8-9,11H2,1-4H3,(H,28,29). The fourth-order valence-electron chi connectivity index (χ4n) is 3.19. The van der Waals surface area contributed by atoms with Crippen LogP contribution in [0.25, 0.3) is 0 Å². The van der Waals surface area contributed by atoms with E-state index in [2.05, 4.69) is 37.8 Å². The van der Waals surface area contributed by atoms with Gasteiger partial charge in [0.25, 0.3) is 0 Å². The summed E-state index contributed by atoms with van der Waals surface area (Å²) in [6.45, 7) is 9.54. The summed E-state index contributed by atoms with van der Waals surface area (Å²) in [5.41, 5.74) is 4.23. The predicted molar refractivity (Wildman–Crippen MR) is 118 cm³/mol. The van der Waals surface area contributed by atoms with E-state index in [0.717, 1.165) is 29.2 Å². The molecule has 3 rings (SSSR count). The molecule has 0 aliphatic carbocycles. The predicted octanol–water partition coefficient (Wildman–Crippen LogP) is 1.59. The molecule has 0 spiro atoms. The Morgan fingerprint density at radius 3 is 2.77 bits per heavy atom. The minimum atomic E-state index is -2.08. The number of rotatable bonds is 9. The summed E-state index contributed by atoms with van der Waals surface area (Å²) in [7, 11) is 0. The molecule has 2 atom stereocenters. The third-order valence-corrected chi connectivity index (χ3v) is 5.30. The summed E-state index contributed by atoms with van der Waals surface area (Å²) in [5.74, 6) is 0.920. The topological polar surface area (TPSA) is 128 Å². The van der Waals surface area contributed by atoms with E-state index in [0.29, 0.717) is 23.9 Å². The number of aliphatic imine (C=N–C) groups is 1. The SMILES string of the molecule is CCN(CCO)c1ccc(N=C2C(C)=Nn3nc(C(C)CNS(=O)O)nc32)c(C)c1. The van der Waals surface area contributed by atoms with E-state index < -0.39 is 11.3 Å². The zero-order valence-corrected chi connectivity index (χ0v) is 18.3. The highest BCUT2D eigenvalue weighted by Crippen LogP contribution is 2.27. The second-order valence-electron chi connectivity index (χ2n) is 7.10. The normalized spacial score (nSPS) is 16.5. The maximum Gasteiger partial charge on any atom is 0.231 e. The molecule has 0 fully saturated rings. The Kier molecular flexibility index (Phi) is 7.08. The zero-order valence-electron chi connectivity index (χ0n) is 17.5. The lowest BCUT2D eigenvalue weighted by molar-refractivity contribution is 0.302. The summed E-state index contributed by atoms with van der Waals surface area (Å²) in [6, 6.07) is 6.00. The number of fused-ring (bicyclic) bond motifs is 1. The lowest BCUT2D eigenvalue weighted by Crippen LogP contribution is -2.26. The molecule has 0 bridgehead atoms. The zero-order chi connectivity index (χ0) is 21.8. The van der Waals surface area contributed by atoms with Gasteiger partial charge in [0.2, 0.25) is 17.1 Å². The minimum Gasteiger partial charge on any atom is -0.395 e. The highest BCUT2D eigenvalue weighted by Gasteiger charge is 2.26. The van der Waals surface area contributed by atoms with Crippen LogP contribution in [-0.4, -0.2) is 66.4 Å². The van der Waals surface area contributed by atoms with Crippen LogP contribution in [0.2, 0.25) is 0 Å². The number of nitrogens with zero attached hydrogens (tertiary/aromatic N) is 6. The average Bonchev–Trinajstić information content (AvgIpc) is 3.24. The maximum atomic E-state index is 10.8. The lowest BCUT2D eigenvalue weighted by atomic mass is 10.1. The Morgan fingerprint density at radius 1 is 1.37 bits per heavy atom. The van der Waals surface area contributed by atoms with Crippen LogP contribution in [0, 0.1) is 6.92 Å². The van der Waals surface area contributed by atoms with Crippen molar-refractivity contribution in [2.45, 2.75) is 33.6 Å². The van der Waals surface area contributed by atoms with Crippen LogP contribution >= 0.6 is 0 Å². The Labute approximate surface area is 178 Å². The van der Waals surface area contributed by atoms with Crippen LogP contribution in [0.1, 0.15) is 43.9 Å². The molecule has 1 aliphatic heterocycles. The third-order valence-electron chi connectivity index (χ3n) is 4.89. The Morgan fingerprint density at radius 2 is 2.13 bits per heavy atom. The fourth-order valence-corrected chi connectivity index (χ4v) is 3.58. The lowest BCUT2D eigenvalue weighted by Gasteiger charge is -2.22. The summed E-state index contributed by atoms with van der Waals surface area (Å²) in [4.78, 5) is 12.9. The van der Waals surface area contributed by atoms with E-state index in [-0.39, 0.29) is 19.1 Å². The molecule has 1 aromatic heterocycles. The van der Waals surface area contributed by atoms with E-state index in [4.69, 9.17) is 9.55 Å². The molecule has 10 nitrogen and oxygen atoms in total. The molecule has 0 saturated heterocycles. The molecular weight excluding hydrogens is 406 g/mol. The molecular formula is C19H27N7O3S. The average molecular weight is 434 g/mol. The van der Waals surface area contributed by atoms with Crippen LogP contribution in [0.3, 0.4) is 0 Å². The van der Waals surface area contributed by atoms with Crippen molar-refractivity contribution in [1.29, 1.82) is 0 Å². The molecule has 162 valence electrons. The van der Waals surface area contributed by atoms with Gasteiger partial charge in [-0.2, -0.15) is 5.10 Å². The Balaban J connectivity index is 1.87. The van der Waals surface area contributed by atoms with E-state index in [9.17, 15) is 9.32 Å². The number of aryl methyl sites for hydroxylation is 1. The molecule has 2 aromatic rings. The van der Waals surface area contributed by atoms with Gasteiger partial charge in [0, 0.05) is 31.2 Å². The van der Waals surface area contributed by atoms with Crippen molar-refractivity contribution in [1.82, 2.24) is 19.6 Å². The number of aliphatic hydroxyl groups is 1. The van der Waals surface area contributed by atoms with Gasteiger partial charge in [-0.3, -0.25) is 4.55 Å². The summed E-state index contributed by atoms with van der Waals surface area (Å²) < 4.78 is 22.2. The van der Waals surface area contributed by atoms with Crippen molar-refractivity contribution in [2.75, 3.05) is 31.1 Å². The second kappa shape index (κ2) is 9.56. The van der Waals surface area contributed by atoms with Gasteiger partial charge < -0.3 is 10.0 Å². The van der Waals surface area contributed by atoms with Crippen molar-refractivity contribution in [3.05, 3.63) is 35.4 Å². The highest BCUT2D eigenvalue weighted by molar-refractivity contribution is 7.77. The van der Waals surface area contributed by atoms with E-state index >= 15 is 0 Å². The molecule has 1 aromatic carbocycles. The minimum absolute atomic E-state index is 0.104. The number of aliphatic hydroxyl groups excluding tert-OH is 1. The molecule has 0 amide bonds. The van der Waals surface area contributed by atoms with E-state index in [1.807, 2.05) is 32.9 Å². The van der Waals surface area contributed by atoms with E-state index in [1.54, 1.807) is 0 Å². The largest absolute Gasteiger partial charge is 0.395 e. The van der Waals surface area contributed by atoms with Crippen molar-refractivity contribution in [3.8, 4) is 0 Å². The van der Waals surface area contributed by atoms with Gasteiger partial charge in [0.05, 0.1) is 18.0 Å². The molecule has 1 aliphatic rings. The summed E-state index contributed by atoms with van der Waals surface area (Å²) in [6.07, 6.45) is 0. The third kappa shape index (κ3) is 4.81. The molecule has 3 N–H and O–H groups in total. The maximum absolute atomic E-state index is 10.8. The summed E-state index contributed by atoms with van der Waals surface area (Å²) >= 11 is -2.08.